The number of aliphatic hydroxyl groups excluding tert-OH is 1. The molecule has 1 aliphatic rings. The first-order valence-electron chi connectivity index (χ1n) is 8.96. The molecule has 5 nitrogen and oxygen atoms in total. The number of Topliss-reactive ketones (excluding diaryl/α,β-unsaturated/α-hetero) is 2. The van der Waals surface area contributed by atoms with Gasteiger partial charge in [-0.25, -0.2) is 0 Å². The van der Waals surface area contributed by atoms with Crippen LogP contribution < -0.4 is 5.32 Å². The first kappa shape index (κ1) is 20.5. The third-order valence-electron chi connectivity index (χ3n) is 4.77. The number of pyridine rings is 1. The maximum absolute atomic E-state index is 12.9. The Kier molecular flexibility index (Phi) is 6.22. The number of benzene rings is 2. The molecule has 0 amide bonds. The van der Waals surface area contributed by atoms with Gasteiger partial charge in [0.25, 0.3) is 0 Å². The predicted octanol–water partition coefficient (Wildman–Crippen LogP) is 4.07. The zero-order chi connectivity index (χ0) is 19.5. The van der Waals surface area contributed by atoms with E-state index in [-0.39, 0.29) is 29.3 Å². The van der Waals surface area contributed by atoms with Crippen LogP contribution in [0.5, 0.6) is 0 Å². The maximum Gasteiger partial charge on any atom is 0.235 e. The molecular weight excluding hydrogens is 388 g/mol. The normalized spacial score (nSPS) is 14.2. The summed E-state index contributed by atoms with van der Waals surface area (Å²) in [5.74, 6) is -1.47. The molecule has 29 heavy (non-hydrogen) atoms. The molecule has 0 spiro atoms. The fraction of sp³-hybridized carbons (Fsp3) is 0.0870. The van der Waals surface area contributed by atoms with E-state index >= 15 is 0 Å². The standard InChI is InChI=1S/C23H18N2O3.ClH/c26-21-17-11-4-5-12-18(17)22(27)23(28)19(21)20(15-8-2-1-3-9-15)25-14-16-10-6-7-13-24-16;/h1-13,20,25-26H,14H2;1H. The van der Waals surface area contributed by atoms with Crippen LogP contribution in [0.4, 0.5) is 0 Å². The monoisotopic (exact) mass is 406 g/mol. The van der Waals surface area contributed by atoms with Crippen molar-refractivity contribution in [1.29, 1.82) is 0 Å². The van der Waals surface area contributed by atoms with E-state index in [9.17, 15) is 14.7 Å². The molecule has 4 rings (SSSR count). The number of nitrogens with zero attached hydrogens (tertiary/aromatic N) is 1. The molecular formula is C23H19ClN2O3. The van der Waals surface area contributed by atoms with Crippen molar-refractivity contribution in [3.63, 3.8) is 0 Å². The van der Waals surface area contributed by atoms with Gasteiger partial charge in [0, 0.05) is 23.9 Å². The van der Waals surface area contributed by atoms with E-state index in [0.717, 1.165) is 11.3 Å². The molecule has 0 saturated carbocycles. The lowest BCUT2D eigenvalue weighted by atomic mass is 9.83. The third-order valence-corrected chi connectivity index (χ3v) is 4.77. The van der Waals surface area contributed by atoms with Crippen molar-refractivity contribution >= 4 is 29.7 Å². The molecule has 1 aliphatic carbocycles. The van der Waals surface area contributed by atoms with Crippen LogP contribution in [0.1, 0.15) is 33.2 Å². The average Bonchev–Trinajstić information content (AvgIpc) is 2.76. The largest absolute Gasteiger partial charge is 0.507 e. The summed E-state index contributed by atoms with van der Waals surface area (Å²) in [4.78, 5) is 29.8. The van der Waals surface area contributed by atoms with E-state index in [2.05, 4.69) is 10.3 Å². The molecule has 1 aromatic heterocycles. The number of ketones is 2. The van der Waals surface area contributed by atoms with Gasteiger partial charge < -0.3 is 10.4 Å². The Hall–Kier alpha value is -3.28. The summed E-state index contributed by atoms with van der Waals surface area (Å²) >= 11 is 0. The van der Waals surface area contributed by atoms with E-state index < -0.39 is 17.6 Å². The summed E-state index contributed by atoms with van der Waals surface area (Å²) in [6, 6.07) is 20.8. The Balaban J connectivity index is 0.00000240. The minimum absolute atomic E-state index is 0. The fourth-order valence-electron chi connectivity index (χ4n) is 3.39. The van der Waals surface area contributed by atoms with Crippen LogP contribution in [0.25, 0.3) is 5.76 Å². The van der Waals surface area contributed by atoms with Gasteiger partial charge in [0.05, 0.1) is 17.3 Å². The zero-order valence-corrected chi connectivity index (χ0v) is 16.2. The Bertz CT molecular complexity index is 1070. The van der Waals surface area contributed by atoms with Crippen molar-refractivity contribution in [2.45, 2.75) is 12.6 Å². The van der Waals surface area contributed by atoms with Crippen LogP contribution in [-0.4, -0.2) is 21.7 Å². The minimum Gasteiger partial charge on any atom is -0.507 e. The quantitative estimate of drug-likeness (QED) is 0.624. The average molecular weight is 407 g/mol. The molecule has 2 N–H and O–H groups in total. The van der Waals surface area contributed by atoms with Crippen molar-refractivity contribution in [2.75, 3.05) is 0 Å². The molecule has 0 saturated heterocycles. The highest BCUT2D eigenvalue weighted by Gasteiger charge is 2.37. The molecule has 0 radical (unpaired) electrons. The molecule has 1 unspecified atom stereocenters. The summed E-state index contributed by atoms with van der Waals surface area (Å²) in [5.41, 5.74) is 2.23. The second-order valence-electron chi connectivity index (χ2n) is 6.51. The Morgan fingerprint density at radius 1 is 0.828 bits per heavy atom. The van der Waals surface area contributed by atoms with Gasteiger partial charge in [-0.1, -0.05) is 60.7 Å². The van der Waals surface area contributed by atoms with Crippen LogP contribution in [0.3, 0.4) is 0 Å². The van der Waals surface area contributed by atoms with E-state index in [1.807, 2.05) is 48.5 Å². The number of aliphatic hydroxyl groups is 1. The van der Waals surface area contributed by atoms with Gasteiger partial charge in [0.1, 0.15) is 5.76 Å². The number of carbonyl (C=O) groups excluding carboxylic acids is 2. The SMILES string of the molecule is Cl.O=C1C(=O)c2ccccc2C(O)=C1C(NCc1ccccn1)c1ccccc1. The molecule has 2 aromatic carbocycles. The van der Waals surface area contributed by atoms with E-state index in [4.69, 9.17) is 0 Å². The summed E-state index contributed by atoms with van der Waals surface area (Å²) in [6.45, 7) is 0.375. The van der Waals surface area contributed by atoms with E-state index in [1.165, 1.54) is 0 Å². The second kappa shape index (κ2) is 8.82. The topological polar surface area (TPSA) is 79.3 Å². The molecule has 1 heterocycles. The van der Waals surface area contributed by atoms with Crippen LogP contribution in [0.2, 0.25) is 0 Å². The van der Waals surface area contributed by atoms with Gasteiger partial charge in [0.2, 0.25) is 11.6 Å². The second-order valence-corrected chi connectivity index (χ2v) is 6.51. The molecule has 6 heteroatoms. The minimum atomic E-state index is -0.696. The molecule has 0 fully saturated rings. The van der Waals surface area contributed by atoms with Gasteiger partial charge in [-0.05, 0) is 17.7 Å². The number of rotatable bonds is 5. The van der Waals surface area contributed by atoms with E-state index in [1.54, 1.807) is 30.5 Å². The summed E-state index contributed by atoms with van der Waals surface area (Å²) in [5, 5.41) is 14.2. The number of aromatic nitrogens is 1. The Morgan fingerprint density at radius 2 is 1.48 bits per heavy atom. The van der Waals surface area contributed by atoms with Gasteiger partial charge in [-0.15, -0.1) is 12.4 Å². The van der Waals surface area contributed by atoms with Crippen LogP contribution in [0, 0.1) is 0 Å². The first-order valence-corrected chi connectivity index (χ1v) is 8.96. The lowest BCUT2D eigenvalue weighted by molar-refractivity contribution is -0.112. The highest BCUT2D eigenvalue weighted by atomic mass is 35.5. The number of hydrogen-bond donors (Lipinski definition) is 2. The van der Waals surface area contributed by atoms with Gasteiger partial charge >= 0.3 is 0 Å². The van der Waals surface area contributed by atoms with Gasteiger partial charge in [-0.3, -0.25) is 14.6 Å². The van der Waals surface area contributed by atoms with Crippen molar-refractivity contribution < 1.29 is 14.7 Å². The first-order chi connectivity index (χ1) is 13.7. The number of halogens is 1. The van der Waals surface area contributed by atoms with Crippen molar-refractivity contribution in [2.24, 2.45) is 0 Å². The highest BCUT2D eigenvalue weighted by Crippen LogP contribution is 2.35. The molecule has 146 valence electrons. The molecule has 3 aromatic rings. The Morgan fingerprint density at radius 3 is 2.17 bits per heavy atom. The lowest BCUT2D eigenvalue weighted by Gasteiger charge is -2.26. The van der Waals surface area contributed by atoms with E-state index in [0.29, 0.717) is 12.1 Å². The smallest absolute Gasteiger partial charge is 0.235 e. The molecule has 1 atom stereocenters. The highest BCUT2D eigenvalue weighted by molar-refractivity contribution is 6.52. The molecule has 0 bridgehead atoms. The van der Waals surface area contributed by atoms with Gasteiger partial charge in [0.15, 0.2) is 0 Å². The number of fused-ring (bicyclic) bond motifs is 1. The van der Waals surface area contributed by atoms with Crippen molar-refractivity contribution in [3.8, 4) is 0 Å². The Labute approximate surface area is 174 Å². The van der Waals surface area contributed by atoms with Crippen LogP contribution in [0.15, 0.2) is 84.6 Å². The summed E-state index contributed by atoms with van der Waals surface area (Å²) < 4.78 is 0. The number of carbonyl (C=O) groups is 2. The fourth-order valence-corrected chi connectivity index (χ4v) is 3.39. The van der Waals surface area contributed by atoms with Crippen LogP contribution >= 0.6 is 12.4 Å². The summed E-state index contributed by atoms with van der Waals surface area (Å²) in [6.07, 6.45) is 1.69. The lowest BCUT2D eigenvalue weighted by Crippen LogP contribution is -2.33. The summed E-state index contributed by atoms with van der Waals surface area (Å²) in [7, 11) is 0. The van der Waals surface area contributed by atoms with Gasteiger partial charge in [-0.2, -0.15) is 0 Å². The van der Waals surface area contributed by atoms with Crippen molar-refractivity contribution in [1.82, 2.24) is 10.3 Å². The number of hydrogen-bond acceptors (Lipinski definition) is 5. The predicted molar refractivity (Wildman–Crippen MR) is 113 cm³/mol. The maximum atomic E-state index is 12.9. The zero-order valence-electron chi connectivity index (χ0n) is 15.4. The number of nitrogens with one attached hydrogen (secondary N) is 1. The van der Waals surface area contributed by atoms with Crippen LogP contribution in [-0.2, 0) is 11.3 Å². The third kappa shape index (κ3) is 3.97. The van der Waals surface area contributed by atoms with Crippen molar-refractivity contribution in [3.05, 3.63) is 107 Å². The molecule has 0 aliphatic heterocycles.